The lowest BCUT2D eigenvalue weighted by molar-refractivity contribution is -0.140. The summed E-state index contributed by atoms with van der Waals surface area (Å²) < 4.78 is 51.8. The van der Waals surface area contributed by atoms with E-state index in [0.717, 1.165) is 30.5 Å². The van der Waals surface area contributed by atoms with E-state index >= 15 is 0 Å². The Bertz CT molecular complexity index is 1180. The summed E-state index contributed by atoms with van der Waals surface area (Å²) in [6.45, 7) is 2.20. The Kier molecular flexibility index (Phi) is 5.87. The minimum atomic E-state index is -4.71. The van der Waals surface area contributed by atoms with Gasteiger partial charge in [-0.05, 0) is 77.4 Å². The summed E-state index contributed by atoms with van der Waals surface area (Å²) in [7, 11) is 0. The maximum absolute atomic E-state index is 13.7. The molecule has 0 saturated carbocycles. The maximum Gasteiger partial charge on any atom is 0.419 e. The Hall–Kier alpha value is -3.06. The highest BCUT2D eigenvalue weighted by Gasteiger charge is 2.33. The molecule has 3 aromatic carbocycles. The lowest BCUT2D eigenvalue weighted by Crippen LogP contribution is -2.07. The van der Waals surface area contributed by atoms with Crippen LogP contribution in [-0.4, -0.2) is 0 Å². The fraction of sp³-hybridized carbons (Fsp3) is 0.259. The first-order valence-electron chi connectivity index (χ1n) is 10.5. The van der Waals surface area contributed by atoms with Gasteiger partial charge in [0, 0.05) is 11.1 Å². The molecular weight excluding hydrogens is 400 g/mol. The normalized spacial score (nSPS) is 12.2. The van der Waals surface area contributed by atoms with Crippen molar-refractivity contribution >= 4 is 0 Å². The third-order valence-corrected chi connectivity index (χ3v) is 5.64. The molecule has 0 radical (unpaired) electrons. The van der Waals surface area contributed by atoms with Crippen LogP contribution in [0.4, 0.5) is 17.6 Å². The van der Waals surface area contributed by atoms with Crippen LogP contribution in [0.5, 0.6) is 0 Å². The van der Waals surface area contributed by atoms with Crippen molar-refractivity contribution in [3.63, 3.8) is 0 Å². The largest absolute Gasteiger partial charge is 0.419 e. The van der Waals surface area contributed by atoms with Crippen LogP contribution in [0.1, 0.15) is 59.6 Å². The van der Waals surface area contributed by atoms with Crippen LogP contribution in [0.2, 0.25) is 0 Å². The Morgan fingerprint density at radius 3 is 2.13 bits per heavy atom. The number of hydrogen-bond acceptors (Lipinski definition) is 0. The molecule has 0 N–H and O–H groups in total. The molecule has 158 valence electrons. The molecule has 0 aromatic heterocycles. The van der Waals surface area contributed by atoms with Crippen LogP contribution in [-0.2, 0) is 19.0 Å². The number of unbranched alkanes of at least 4 members (excludes halogenated alkanes) is 2. The van der Waals surface area contributed by atoms with Gasteiger partial charge in [0.05, 0.1) is 5.56 Å². The van der Waals surface area contributed by atoms with Gasteiger partial charge >= 0.3 is 6.18 Å². The van der Waals surface area contributed by atoms with Crippen LogP contribution < -0.4 is 0 Å². The minimum absolute atomic E-state index is 0.214. The van der Waals surface area contributed by atoms with E-state index in [-0.39, 0.29) is 5.56 Å². The first kappa shape index (κ1) is 21.2. The van der Waals surface area contributed by atoms with Gasteiger partial charge in [0.25, 0.3) is 0 Å². The molecule has 0 saturated heterocycles. The molecule has 1 aliphatic carbocycles. The predicted molar refractivity (Wildman–Crippen MR) is 115 cm³/mol. The highest BCUT2D eigenvalue weighted by atomic mass is 19.4. The summed E-state index contributed by atoms with van der Waals surface area (Å²) in [5.74, 6) is 4.42. The average Bonchev–Trinajstić information content (AvgIpc) is 3.08. The van der Waals surface area contributed by atoms with Crippen LogP contribution in [0.25, 0.3) is 11.1 Å². The van der Waals surface area contributed by atoms with Crippen molar-refractivity contribution in [3.05, 3.63) is 93.8 Å². The molecule has 0 aliphatic heterocycles. The van der Waals surface area contributed by atoms with E-state index in [2.05, 4.69) is 37.0 Å². The van der Waals surface area contributed by atoms with E-state index in [0.29, 0.717) is 0 Å². The van der Waals surface area contributed by atoms with Crippen molar-refractivity contribution in [3.8, 4) is 23.0 Å². The first-order chi connectivity index (χ1) is 14.8. The predicted octanol–water partition coefficient (Wildman–Crippen LogP) is 7.55. The molecule has 4 heteroatoms. The standard InChI is InChI=1S/C27H22F4/c1-2-3-4-5-18-8-11-23-21(14-18)17-22-15-19(9-12-24(22)23)6-7-20-10-13-25(26(28)16-20)27(29,30)31/h8-16H,2-5,17H2,1H3. The van der Waals surface area contributed by atoms with Crippen molar-refractivity contribution in [2.75, 3.05) is 0 Å². The Morgan fingerprint density at radius 1 is 0.806 bits per heavy atom. The van der Waals surface area contributed by atoms with E-state index in [4.69, 9.17) is 0 Å². The fourth-order valence-corrected chi connectivity index (χ4v) is 4.04. The summed E-state index contributed by atoms with van der Waals surface area (Å²) >= 11 is 0. The van der Waals surface area contributed by atoms with Crippen LogP contribution in [0.15, 0.2) is 54.6 Å². The SMILES string of the molecule is CCCCCc1ccc2c(c1)Cc1cc(C#Cc3ccc(C(F)(F)F)c(F)c3)ccc1-2. The number of benzene rings is 3. The first-order valence-corrected chi connectivity index (χ1v) is 10.5. The highest BCUT2D eigenvalue weighted by Crippen LogP contribution is 2.37. The van der Waals surface area contributed by atoms with Gasteiger partial charge < -0.3 is 0 Å². The average molecular weight is 422 g/mol. The van der Waals surface area contributed by atoms with Gasteiger partial charge in [-0.1, -0.05) is 55.9 Å². The zero-order valence-corrected chi connectivity index (χ0v) is 17.2. The fourth-order valence-electron chi connectivity index (χ4n) is 4.04. The number of aryl methyl sites for hydroxylation is 1. The molecule has 0 amide bonds. The monoisotopic (exact) mass is 422 g/mol. The second-order valence-corrected chi connectivity index (χ2v) is 7.94. The van der Waals surface area contributed by atoms with Gasteiger partial charge in [-0.25, -0.2) is 4.39 Å². The summed E-state index contributed by atoms with van der Waals surface area (Å²) in [6.07, 6.45) is 0.878. The van der Waals surface area contributed by atoms with Gasteiger partial charge in [-0.15, -0.1) is 0 Å². The lowest BCUT2D eigenvalue weighted by Gasteiger charge is -2.07. The summed E-state index contributed by atoms with van der Waals surface area (Å²) in [6, 6.07) is 15.4. The number of rotatable bonds is 4. The topological polar surface area (TPSA) is 0 Å². The van der Waals surface area contributed by atoms with E-state index < -0.39 is 17.6 Å². The summed E-state index contributed by atoms with van der Waals surface area (Å²) in [5.41, 5.74) is 6.01. The quantitative estimate of drug-likeness (QED) is 0.181. The Balaban J connectivity index is 1.53. The van der Waals surface area contributed by atoms with Crippen LogP contribution in [0, 0.1) is 17.7 Å². The number of alkyl halides is 3. The zero-order chi connectivity index (χ0) is 22.0. The maximum atomic E-state index is 13.7. The molecular formula is C27H22F4. The molecule has 1 aliphatic rings. The van der Waals surface area contributed by atoms with Crippen molar-refractivity contribution in [2.24, 2.45) is 0 Å². The Morgan fingerprint density at radius 2 is 1.45 bits per heavy atom. The van der Waals surface area contributed by atoms with Crippen molar-refractivity contribution in [1.29, 1.82) is 0 Å². The molecule has 4 rings (SSSR count). The zero-order valence-electron chi connectivity index (χ0n) is 17.2. The summed E-state index contributed by atoms with van der Waals surface area (Å²) in [5, 5.41) is 0. The molecule has 0 unspecified atom stereocenters. The van der Waals surface area contributed by atoms with E-state index in [1.165, 1.54) is 53.1 Å². The van der Waals surface area contributed by atoms with Crippen molar-refractivity contribution in [2.45, 2.75) is 45.2 Å². The lowest BCUT2D eigenvalue weighted by atomic mass is 10.00. The number of fused-ring (bicyclic) bond motifs is 3. The van der Waals surface area contributed by atoms with Crippen molar-refractivity contribution in [1.82, 2.24) is 0 Å². The van der Waals surface area contributed by atoms with E-state index in [1.807, 2.05) is 18.2 Å². The summed E-state index contributed by atoms with van der Waals surface area (Å²) in [4.78, 5) is 0. The second kappa shape index (κ2) is 8.59. The van der Waals surface area contributed by atoms with Gasteiger partial charge in [-0.2, -0.15) is 13.2 Å². The van der Waals surface area contributed by atoms with Gasteiger partial charge in [-0.3, -0.25) is 0 Å². The minimum Gasteiger partial charge on any atom is -0.206 e. The molecule has 0 spiro atoms. The number of hydrogen-bond donors (Lipinski definition) is 0. The van der Waals surface area contributed by atoms with Gasteiger partial charge in [0.15, 0.2) is 0 Å². The molecule has 0 nitrogen and oxygen atoms in total. The molecule has 3 aromatic rings. The van der Waals surface area contributed by atoms with E-state index in [1.54, 1.807) is 0 Å². The number of halogens is 4. The highest BCUT2D eigenvalue weighted by molar-refractivity contribution is 5.77. The third kappa shape index (κ3) is 4.66. The van der Waals surface area contributed by atoms with Crippen LogP contribution in [0.3, 0.4) is 0 Å². The third-order valence-electron chi connectivity index (χ3n) is 5.64. The second-order valence-electron chi connectivity index (χ2n) is 7.94. The molecule has 0 fully saturated rings. The molecule has 0 atom stereocenters. The van der Waals surface area contributed by atoms with Crippen LogP contribution >= 0.6 is 0 Å². The molecule has 31 heavy (non-hydrogen) atoms. The molecule has 0 heterocycles. The smallest absolute Gasteiger partial charge is 0.206 e. The Labute approximate surface area is 179 Å². The molecule has 0 bridgehead atoms. The van der Waals surface area contributed by atoms with Gasteiger partial charge in [0.1, 0.15) is 5.82 Å². The van der Waals surface area contributed by atoms with E-state index in [9.17, 15) is 17.6 Å². The van der Waals surface area contributed by atoms with Crippen molar-refractivity contribution < 1.29 is 17.6 Å². The van der Waals surface area contributed by atoms with Gasteiger partial charge in [0.2, 0.25) is 0 Å².